The van der Waals surface area contributed by atoms with Gasteiger partial charge in [-0.15, -0.1) is 0 Å². The average Bonchev–Trinajstić information content (AvgIpc) is 2.61. The molecule has 114 valence electrons. The van der Waals surface area contributed by atoms with E-state index in [1.807, 2.05) is 24.3 Å². The predicted molar refractivity (Wildman–Crippen MR) is 92.8 cm³/mol. The number of aldehydes is 1. The molecule has 0 atom stereocenters. The molecule has 0 N–H and O–H groups in total. The number of hydrogen-bond donors (Lipinski definition) is 0. The largest absolute Gasteiger partial charge is 0.489 e. The Morgan fingerprint density at radius 1 is 0.783 bits per heavy atom. The Kier molecular flexibility index (Phi) is 4.53. The van der Waals surface area contributed by atoms with Crippen molar-refractivity contribution >= 4 is 6.29 Å². The molecule has 0 fully saturated rings. The molecular weight excluding hydrogens is 284 g/mol. The van der Waals surface area contributed by atoms with Gasteiger partial charge in [0.1, 0.15) is 18.6 Å². The summed E-state index contributed by atoms with van der Waals surface area (Å²) in [5.41, 5.74) is 5.35. The van der Waals surface area contributed by atoms with E-state index >= 15 is 0 Å². The van der Waals surface area contributed by atoms with Crippen LogP contribution in [0.2, 0.25) is 0 Å². The van der Waals surface area contributed by atoms with Crippen LogP contribution in [0.4, 0.5) is 0 Å². The summed E-state index contributed by atoms with van der Waals surface area (Å²) in [6.45, 7) is 2.57. The van der Waals surface area contributed by atoms with Crippen molar-refractivity contribution in [3.8, 4) is 16.9 Å². The predicted octanol–water partition coefficient (Wildman–Crippen LogP) is 5.05. The third-order valence-corrected chi connectivity index (χ3v) is 3.76. The minimum absolute atomic E-state index is 0.489. The smallest absolute Gasteiger partial charge is 0.150 e. The minimum Gasteiger partial charge on any atom is -0.489 e. The molecule has 0 amide bonds. The van der Waals surface area contributed by atoms with Crippen molar-refractivity contribution in [1.29, 1.82) is 0 Å². The maximum Gasteiger partial charge on any atom is 0.150 e. The maximum atomic E-state index is 10.6. The molecule has 23 heavy (non-hydrogen) atoms. The van der Waals surface area contributed by atoms with Gasteiger partial charge < -0.3 is 4.74 Å². The monoisotopic (exact) mass is 302 g/mol. The molecule has 0 aliphatic carbocycles. The third-order valence-electron chi connectivity index (χ3n) is 3.76. The van der Waals surface area contributed by atoms with Crippen LogP contribution in [0.25, 0.3) is 11.1 Å². The molecule has 0 radical (unpaired) electrons. The van der Waals surface area contributed by atoms with Gasteiger partial charge >= 0.3 is 0 Å². The topological polar surface area (TPSA) is 26.3 Å². The number of carbonyl (C=O) groups excluding carboxylic acids is 1. The molecule has 3 aromatic carbocycles. The van der Waals surface area contributed by atoms with Crippen LogP contribution in [0, 0.1) is 6.92 Å². The molecule has 0 aromatic heterocycles. The van der Waals surface area contributed by atoms with Crippen LogP contribution in [0.3, 0.4) is 0 Å². The maximum absolute atomic E-state index is 10.6. The van der Waals surface area contributed by atoms with Gasteiger partial charge in [-0.1, -0.05) is 66.2 Å². The molecule has 2 heteroatoms. The Labute approximate surface area is 136 Å². The summed E-state index contributed by atoms with van der Waals surface area (Å²) in [5, 5.41) is 0. The highest BCUT2D eigenvalue weighted by Gasteiger charge is 2.00. The van der Waals surface area contributed by atoms with Crippen LogP contribution < -0.4 is 4.74 Å². The van der Waals surface area contributed by atoms with Crippen LogP contribution in [0.5, 0.6) is 5.75 Å². The second-order valence-corrected chi connectivity index (χ2v) is 5.54. The highest BCUT2D eigenvalue weighted by molar-refractivity contribution is 5.74. The van der Waals surface area contributed by atoms with Gasteiger partial charge in [0.2, 0.25) is 0 Å². The Bertz CT molecular complexity index is 770. The molecule has 0 saturated heterocycles. The van der Waals surface area contributed by atoms with Crippen molar-refractivity contribution in [2.75, 3.05) is 0 Å². The Hall–Kier alpha value is -2.87. The van der Waals surface area contributed by atoms with E-state index in [-0.39, 0.29) is 0 Å². The van der Waals surface area contributed by atoms with Crippen molar-refractivity contribution in [2.45, 2.75) is 13.5 Å². The minimum atomic E-state index is 0.489. The lowest BCUT2D eigenvalue weighted by atomic mass is 10.0. The van der Waals surface area contributed by atoms with Gasteiger partial charge in [0.25, 0.3) is 0 Å². The Balaban J connectivity index is 1.65. The fourth-order valence-electron chi connectivity index (χ4n) is 2.35. The first-order chi connectivity index (χ1) is 11.2. The Morgan fingerprint density at radius 3 is 1.91 bits per heavy atom. The molecule has 3 aromatic rings. The zero-order valence-corrected chi connectivity index (χ0v) is 13.0. The van der Waals surface area contributed by atoms with E-state index in [2.05, 4.69) is 43.3 Å². The fraction of sp³-hybridized carbons (Fsp3) is 0.0952. The van der Waals surface area contributed by atoms with E-state index in [0.29, 0.717) is 12.2 Å². The molecule has 2 nitrogen and oxygen atoms in total. The highest BCUT2D eigenvalue weighted by atomic mass is 16.5. The number of hydrogen-bond acceptors (Lipinski definition) is 2. The average molecular weight is 302 g/mol. The summed E-state index contributed by atoms with van der Waals surface area (Å²) < 4.78 is 5.79. The quantitative estimate of drug-likeness (QED) is 0.616. The molecule has 0 saturated carbocycles. The summed E-state index contributed by atoms with van der Waals surface area (Å²) in [7, 11) is 0. The summed E-state index contributed by atoms with van der Waals surface area (Å²) in [6, 6.07) is 24.0. The number of aryl methyl sites for hydroxylation is 1. The standard InChI is InChI=1S/C21H18O2/c1-16-2-8-19(9-3-16)20-10-12-21(13-11-20)23-15-18-6-4-17(14-22)5-7-18/h2-14H,15H2,1H3. The normalized spacial score (nSPS) is 10.3. The zero-order valence-electron chi connectivity index (χ0n) is 13.0. The third kappa shape index (κ3) is 3.86. The van der Waals surface area contributed by atoms with E-state index in [0.717, 1.165) is 17.6 Å². The number of rotatable bonds is 5. The van der Waals surface area contributed by atoms with Crippen LogP contribution in [-0.2, 0) is 6.61 Å². The first-order valence-electron chi connectivity index (χ1n) is 7.58. The van der Waals surface area contributed by atoms with E-state index < -0.39 is 0 Å². The second kappa shape index (κ2) is 6.93. The van der Waals surface area contributed by atoms with Gasteiger partial charge in [-0.05, 0) is 35.7 Å². The lowest BCUT2D eigenvalue weighted by Gasteiger charge is -2.08. The van der Waals surface area contributed by atoms with Crippen molar-refractivity contribution in [1.82, 2.24) is 0 Å². The SMILES string of the molecule is Cc1ccc(-c2ccc(OCc3ccc(C=O)cc3)cc2)cc1. The van der Waals surface area contributed by atoms with E-state index in [9.17, 15) is 4.79 Å². The van der Waals surface area contributed by atoms with Crippen LogP contribution in [0.1, 0.15) is 21.5 Å². The lowest BCUT2D eigenvalue weighted by Crippen LogP contribution is -1.95. The van der Waals surface area contributed by atoms with Crippen LogP contribution in [-0.4, -0.2) is 6.29 Å². The summed E-state index contributed by atoms with van der Waals surface area (Å²) in [4.78, 5) is 10.6. The lowest BCUT2D eigenvalue weighted by molar-refractivity contribution is 0.112. The molecule has 0 unspecified atom stereocenters. The summed E-state index contributed by atoms with van der Waals surface area (Å²) in [6.07, 6.45) is 0.842. The van der Waals surface area contributed by atoms with Crippen LogP contribution in [0.15, 0.2) is 72.8 Å². The van der Waals surface area contributed by atoms with E-state index in [1.54, 1.807) is 12.1 Å². The van der Waals surface area contributed by atoms with Gasteiger partial charge in [0.05, 0.1) is 0 Å². The Morgan fingerprint density at radius 2 is 1.35 bits per heavy atom. The molecule has 0 aliphatic rings. The van der Waals surface area contributed by atoms with Gasteiger partial charge in [-0.25, -0.2) is 0 Å². The highest BCUT2D eigenvalue weighted by Crippen LogP contribution is 2.23. The van der Waals surface area contributed by atoms with Crippen molar-refractivity contribution < 1.29 is 9.53 Å². The molecular formula is C21H18O2. The first kappa shape index (κ1) is 15.0. The molecule has 0 bridgehead atoms. The molecule has 0 spiro atoms. The molecule has 0 heterocycles. The molecule has 3 rings (SSSR count). The van der Waals surface area contributed by atoms with Crippen molar-refractivity contribution in [3.63, 3.8) is 0 Å². The van der Waals surface area contributed by atoms with E-state index in [1.165, 1.54) is 16.7 Å². The van der Waals surface area contributed by atoms with Gasteiger partial charge in [0.15, 0.2) is 0 Å². The first-order valence-corrected chi connectivity index (χ1v) is 7.58. The van der Waals surface area contributed by atoms with Crippen molar-refractivity contribution in [3.05, 3.63) is 89.5 Å². The number of carbonyl (C=O) groups is 1. The number of benzene rings is 3. The van der Waals surface area contributed by atoms with Gasteiger partial charge in [0, 0.05) is 5.56 Å². The van der Waals surface area contributed by atoms with Gasteiger partial charge in [-0.3, -0.25) is 4.79 Å². The van der Waals surface area contributed by atoms with Crippen molar-refractivity contribution in [2.24, 2.45) is 0 Å². The van der Waals surface area contributed by atoms with E-state index in [4.69, 9.17) is 4.74 Å². The van der Waals surface area contributed by atoms with Gasteiger partial charge in [-0.2, -0.15) is 0 Å². The number of ether oxygens (including phenoxy) is 1. The summed E-state index contributed by atoms with van der Waals surface area (Å²) >= 11 is 0. The molecule has 0 aliphatic heterocycles. The van der Waals surface area contributed by atoms with Crippen LogP contribution >= 0.6 is 0 Å². The summed E-state index contributed by atoms with van der Waals surface area (Å²) in [5.74, 6) is 0.834. The fourth-order valence-corrected chi connectivity index (χ4v) is 2.35. The zero-order chi connectivity index (χ0) is 16.1. The second-order valence-electron chi connectivity index (χ2n) is 5.54.